The van der Waals surface area contributed by atoms with Crippen molar-refractivity contribution >= 4 is 23.4 Å². The minimum atomic E-state index is -0.695. The highest BCUT2D eigenvalue weighted by Gasteiger charge is 2.30. The summed E-state index contributed by atoms with van der Waals surface area (Å²) in [6.07, 6.45) is 5.69. The van der Waals surface area contributed by atoms with Crippen LogP contribution in [0.1, 0.15) is 50.9 Å². The number of ketones is 3. The van der Waals surface area contributed by atoms with E-state index in [-0.39, 0.29) is 22.7 Å². The number of carbonyl (C=O) groups is 3. The Morgan fingerprint density at radius 2 is 2.00 bits per heavy atom. The van der Waals surface area contributed by atoms with E-state index in [9.17, 15) is 14.4 Å². The summed E-state index contributed by atoms with van der Waals surface area (Å²) >= 11 is 0. The molecule has 0 atom stereocenters. The van der Waals surface area contributed by atoms with Crippen LogP contribution < -0.4 is 0 Å². The van der Waals surface area contributed by atoms with Crippen LogP contribution in [0.4, 0.5) is 0 Å². The Bertz CT molecular complexity index is 808. The molecule has 0 N–H and O–H groups in total. The van der Waals surface area contributed by atoms with Crippen LogP contribution in [-0.2, 0) is 11.2 Å². The fourth-order valence-corrected chi connectivity index (χ4v) is 2.56. The van der Waals surface area contributed by atoms with E-state index >= 15 is 0 Å². The molecule has 0 radical (unpaired) electrons. The summed E-state index contributed by atoms with van der Waals surface area (Å²) in [5, 5.41) is 0. The number of furan rings is 1. The number of hydrogen-bond acceptors (Lipinski definition) is 4. The molecule has 0 saturated carbocycles. The van der Waals surface area contributed by atoms with E-state index in [0.29, 0.717) is 5.56 Å². The van der Waals surface area contributed by atoms with Gasteiger partial charge in [-0.1, -0.05) is 31.5 Å². The fourth-order valence-electron chi connectivity index (χ4n) is 2.56. The normalized spacial score (nSPS) is 13.3. The summed E-state index contributed by atoms with van der Waals surface area (Å²) in [5.41, 5.74) is 1.77. The summed E-state index contributed by atoms with van der Waals surface area (Å²) < 4.78 is 5.25. The van der Waals surface area contributed by atoms with Crippen LogP contribution in [0, 0.1) is 0 Å². The Hall–Kier alpha value is -2.75. The Morgan fingerprint density at radius 1 is 1.18 bits per heavy atom. The number of fused-ring (bicyclic) bond motifs is 1. The molecule has 4 nitrogen and oxygen atoms in total. The van der Waals surface area contributed by atoms with E-state index in [1.165, 1.54) is 12.3 Å². The SMILES string of the molecule is CCCc1cccc(C(=O)c2coc3c2C(=O)C(=O)C=C3)c1. The fraction of sp³-hybridized carbons (Fsp3) is 0.167. The van der Waals surface area contributed by atoms with Crippen molar-refractivity contribution in [1.82, 2.24) is 0 Å². The second-order valence-electron chi connectivity index (χ2n) is 5.19. The number of hydrogen-bond donors (Lipinski definition) is 0. The Morgan fingerprint density at radius 3 is 2.77 bits per heavy atom. The maximum Gasteiger partial charge on any atom is 0.237 e. The predicted octanol–water partition coefficient (Wildman–Crippen LogP) is 3.24. The van der Waals surface area contributed by atoms with Gasteiger partial charge in [0.15, 0.2) is 5.78 Å². The molecule has 1 aromatic heterocycles. The molecule has 0 aliphatic heterocycles. The number of allylic oxidation sites excluding steroid dienone is 1. The lowest BCUT2D eigenvalue weighted by Crippen LogP contribution is -2.18. The maximum atomic E-state index is 12.6. The van der Waals surface area contributed by atoms with Crippen molar-refractivity contribution in [3.63, 3.8) is 0 Å². The Labute approximate surface area is 127 Å². The largest absolute Gasteiger partial charge is 0.463 e. The number of rotatable bonds is 4. The van der Waals surface area contributed by atoms with Gasteiger partial charge in [0, 0.05) is 5.56 Å². The minimum absolute atomic E-state index is 0.0680. The zero-order chi connectivity index (χ0) is 15.7. The van der Waals surface area contributed by atoms with E-state index in [1.807, 2.05) is 18.2 Å². The Balaban J connectivity index is 2.03. The lowest BCUT2D eigenvalue weighted by Gasteiger charge is -2.06. The highest BCUT2D eigenvalue weighted by Crippen LogP contribution is 2.26. The molecule has 1 heterocycles. The van der Waals surface area contributed by atoms with Gasteiger partial charge in [0.1, 0.15) is 12.0 Å². The van der Waals surface area contributed by atoms with Gasteiger partial charge in [-0.05, 0) is 30.2 Å². The molecule has 2 aromatic rings. The summed E-state index contributed by atoms with van der Waals surface area (Å²) in [6.45, 7) is 2.07. The van der Waals surface area contributed by atoms with E-state index in [4.69, 9.17) is 4.42 Å². The molecule has 110 valence electrons. The summed E-state index contributed by atoms with van der Waals surface area (Å²) in [7, 11) is 0. The summed E-state index contributed by atoms with van der Waals surface area (Å²) in [4.78, 5) is 36.1. The highest BCUT2D eigenvalue weighted by molar-refractivity contribution is 6.51. The molecule has 22 heavy (non-hydrogen) atoms. The molecule has 4 heteroatoms. The van der Waals surface area contributed by atoms with Crippen molar-refractivity contribution < 1.29 is 18.8 Å². The summed E-state index contributed by atoms with van der Waals surface area (Å²) in [6, 6.07) is 7.29. The minimum Gasteiger partial charge on any atom is -0.463 e. The molecule has 1 aliphatic carbocycles. The number of Topliss-reactive ketones (excluding diaryl/α,β-unsaturated/α-hetero) is 1. The summed E-state index contributed by atoms with van der Waals surface area (Å²) in [5.74, 6) is -1.38. The molecule has 0 spiro atoms. The number of carbonyl (C=O) groups excluding carboxylic acids is 3. The molecule has 1 aliphatic rings. The zero-order valence-electron chi connectivity index (χ0n) is 12.1. The van der Waals surface area contributed by atoms with Gasteiger partial charge in [-0.25, -0.2) is 0 Å². The van der Waals surface area contributed by atoms with Crippen LogP contribution in [0.2, 0.25) is 0 Å². The molecule has 0 amide bonds. The van der Waals surface area contributed by atoms with Crippen molar-refractivity contribution in [2.75, 3.05) is 0 Å². The quantitative estimate of drug-likeness (QED) is 0.641. The second-order valence-corrected chi connectivity index (χ2v) is 5.19. The molecular weight excluding hydrogens is 280 g/mol. The number of aryl methyl sites for hydroxylation is 1. The van der Waals surface area contributed by atoms with E-state index in [0.717, 1.165) is 24.5 Å². The standard InChI is InChI=1S/C18H14O4/c1-2-4-11-5-3-6-12(9-11)17(20)13-10-22-15-8-7-14(19)18(21)16(13)15/h3,5-10H,2,4H2,1H3. The van der Waals surface area contributed by atoms with Crippen LogP contribution in [-0.4, -0.2) is 17.3 Å². The second kappa shape index (κ2) is 5.56. The molecule has 0 bridgehead atoms. The molecule has 0 fully saturated rings. The molecule has 3 rings (SSSR count). The Kier molecular flexibility index (Phi) is 3.59. The highest BCUT2D eigenvalue weighted by atomic mass is 16.3. The third kappa shape index (κ3) is 2.33. The van der Waals surface area contributed by atoms with Crippen molar-refractivity contribution in [3.8, 4) is 0 Å². The topological polar surface area (TPSA) is 64.3 Å². The monoisotopic (exact) mass is 294 g/mol. The van der Waals surface area contributed by atoms with Gasteiger partial charge in [-0.3, -0.25) is 14.4 Å². The first-order valence-electron chi connectivity index (χ1n) is 7.13. The van der Waals surface area contributed by atoms with Gasteiger partial charge >= 0.3 is 0 Å². The zero-order valence-corrected chi connectivity index (χ0v) is 12.1. The van der Waals surface area contributed by atoms with Crippen molar-refractivity contribution in [2.24, 2.45) is 0 Å². The van der Waals surface area contributed by atoms with Gasteiger partial charge in [0.2, 0.25) is 11.6 Å². The first-order valence-corrected chi connectivity index (χ1v) is 7.13. The van der Waals surface area contributed by atoms with E-state index < -0.39 is 11.6 Å². The van der Waals surface area contributed by atoms with Gasteiger partial charge in [0.05, 0.1) is 11.1 Å². The first-order chi connectivity index (χ1) is 10.6. The third-order valence-electron chi connectivity index (χ3n) is 3.63. The van der Waals surface area contributed by atoms with Crippen LogP contribution in [0.5, 0.6) is 0 Å². The van der Waals surface area contributed by atoms with Gasteiger partial charge in [-0.2, -0.15) is 0 Å². The van der Waals surface area contributed by atoms with Gasteiger partial charge in [0.25, 0.3) is 0 Å². The van der Waals surface area contributed by atoms with Crippen LogP contribution in [0.3, 0.4) is 0 Å². The van der Waals surface area contributed by atoms with Gasteiger partial charge in [-0.15, -0.1) is 0 Å². The van der Waals surface area contributed by atoms with Crippen molar-refractivity contribution in [2.45, 2.75) is 19.8 Å². The van der Waals surface area contributed by atoms with Crippen LogP contribution in [0.15, 0.2) is 41.0 Å². The lowest BCUT2D eigenvalue weighted by atomic mass is 9.93. The average molecular weight is 294 g/mol. The molecule has 0 unspecified atom stereocenters. The lowest BCUT2D eigenvalue weighted by molar-refractivity contribution is -0.110. The average Bonchev–Trinajstić information content (AvgIpc) is 2.95. The third-order valence-corrected chi connectivity index (χ3v) is 3.63. The van der Waals surface area contributed by atoms with Crippen LogP contribution in [0.25, 0.3) is 6.08 Å². The molecule has 1 aromatic carbocycles. The molecular formula is C18H14O4. The number of benzene rings is 1. The molecule has 0 saturated heterocycles. The van der Waals surface area contributed by atoms with E-state index in [2.05, 4.69) is 6.92 Å². The van der Waals surface area contributed by atoms with Crippen LogP contribution >= 0.6 is 0 Å². The van der Waals surface area contributed by atoms with E-state index in [1.54, 1.807) is 6.07 Å². The predicted molar refractivity (Wildman–Crippen MR) is 80.9 cm³/mol. The van der Waals surface area contributed by atoms with Gasteiger partial charge < -0.3 is 4.42 Å². The first kappa shape index (κ1) is 14.2. The van der Waals surface area contributed by atoms with Crippen molar-refractivity contribution in [1.29, 1.82) is 0 Å². The smallest absolute Gasteiger partial charge is 0.237 e. The van der Waals surface area contributed by atoms with Crippen molar-refractivity contribution in [3.05, 3.63) is 64.6 Å². The maximum absolute atomic E-state index is 12.6.